The van der Waals surface area contributed by atoms with Gasteiger partial charge in [0, 0.05) is 18.2 Å². The van der Waals surface area contributed by atoms with Gasteiger partial charge in [0.15, 0.2) is 6.23 Å². The van der Waals surface area contributed by atoms with Crippen LogP contribution in [-0.2, 0) is 4.74 Å². The fourth-order valence-electron chi connectivity index (χ4n) is 3.28. The number of unbranched alkanes of at least 4 members (excludes halogenated alkanes) is 3. The second kappa shape index (κ2) is 7.95. The van der Waals surface area contributed by atoms with Crippen LogP contribution in [0.25, 0.3) is 17.1 Å². The molecule has 4 N–H and O–H groups in total. The number of hydrogen-bond acceptors (Lipinski definition) is 6. The van der Waals surface area contributed by atoms with Gasteiger partial charge >= 0.3 is 0 Å². The van der Waals surface area contributed by atoms with Crippen LogP contribution >= 0.6 is 0 Å². The van der Waals surface area contributed by atoms with E-state index in [0.29, 0.717) is 17.9 Å². The number of hydrogen-bond donors (Lipinski definition) is 3. The number of aromatic nitrogens is 3. The molecule has 1 aliphatic heterocycles. The first-order chi connectivity index (χ1) is 12.2. The van der Waals surface area contributed by atoms with Gasteiger partial charge in [0.25, 0.3) is 0 Å². The smallest absolute Gasteiger partial charge is 0.161 e. The van der Waals surface area contributed by atoms with Gasteiger partial charge in [-0.25, -0.2) is 9.97 Å². The predicted octanol–water partition coefficient (Wildman–Crippen LogP) is 2.25. The Balaban J connectivity index is 1.93. The van der Waals surface area contributed by atoms with Gasteiger partial charge < -0.3 is 25.3 Å². The number of nitrogens with zero attached hydrogens (tertiary/aromatic N) is 3. The Morgan fingerprint density at radius 3 is 2.96 bits per heavy atom. The highest BCUT2D eigenvalue weighted by atomic mass is 16.5. The van der Waals surface area contributed by atoms with Crippen LogP contribution in [0.1, 0.15) is 50.8 Å². The molecule has 1 saturated heterocycles. The summed E-state index contributed by atoms with van der Waals surface area (Å²) in [5, 5.41) is 20.4. The summed E-state index contributed by atoms with van der Waals surface area (Å²) in [7, 11) is 0. The van der Waals surface area contributed by atoms with Crippen molar-refractivity contribution in [2.75, 3.05) is 12.3 Å². The van der Waals surface area contributed by atoms with Gasteiger partial charge in [-0.15, -0.1) is 0 Å². The zero-order valence-electron chi connectivity index (χ0n) is 14.5. The van der Waals surface area contributed by atoms with Crippen molar-refractivity contribution < 1.29 is 14.9 Å². The summed E-state index contributed by atoms with van der Waals surface area (Å²) in [6, 6.07) is 0. The number of anilines is 1. The molecular weight excluding hydrogens is 320 g/mol. The van der Waals surface area contributed by atoms with Crippen LogP contribution in [0.15, 0.2) is 18.6 Å². The van der Waals surface area contributed by atoms with E-state index < -0.39 is 12.3 Å². The van der Waals surface area contributed by atoms with Crippen molar-refractivity contribution in [1.29, 1.82) is 0 Å². The van der Waals surface area contributed by atoms with Gasteiger partial charge in [0.2, 0.25) is 0 Å². The van der Waals surface area contributed by atoms with Gasteiger partial charge in [0.05, 0.1) is 18.1 Å². The number of nitrogen functional groups attached to an aromatic ring is 1. The fourth-order valence-corrected chi connectivity index (χ4v) is 3.28. The van der Waals surface area contributed by atoms with Crippen molar-refractivity contribution in [2.24, 2.45) is 0 Å². The Hall–Kier alpha value is -1.96. The van der Waals surface area contributed by atoms with Crippen LogP contribution < -0.4 is 5.73 Å². The van der Waals surface area contributed by atoms with Gasteiger partial charge in [-0.1, -0.05) is 31.9 Å². The molecule has 0 saturated carbocycles. The third-order valence-corrected chi connectivity index (χ3v) is 4.58. The van der Waals surface area contributed by atoms with Crippen molar-refractivity contribution in [1.82, 2.24) is 14.5 Å². The van der Waals surface area contributed by atoms with Crippen LogP contribution in [0.5, 0.6) is 0 Å². The number of fused-ring (bicyclic) bond motifs is 1. The monoisotopic (exact) mass is 346 g/mol. The lowest BCUT2D eigenvalue weighted by atomic mass is 10.1. The van der Waals surface area contributed by atoms with Crippen molar-refractivity contribution in [3.8, 4) is 0 Å². The molecular formula is C18H26N4O3. The predicted molar refractivity (Wildman–Crippen MR) is 96.7 cm³/mol. The highest BCUT2D eigenvalue weighted by Crippen LogP contribution is 2.34. The van der Waals surface area contributed by atoms with Gasteiger partial charge in [0.1, 0.15) is 23.9 Å². The second-order valence-electron chi connectivity index (χ2n) is 6.48. The molecule has 0 aromatic carbocycles. The van der Waals surface area contributed by atoms with E-state index in [2.05, 4.69) is 23.0 Å². The van der Waals surface area contributed by atoms with Crippen molar-refractivity contribution in [3.05, 3.63) is 24.2 Å². The van der Waals surface area contributed by atoms with Crippen molar-refractivity contribution in [3.63, 3.8) is 0 Å². The van der Waals surface area contributed by atoms with Crippen molar-refractivity contribution >= 4 is 22.9 Å². The minimum absolute atomic E-state index is 0.117. The molecule has 1 unspecified atom stereocenters. The molecule has 3 atom stereocenters. The molecule has 25 heavy (non-hydrogen) atoms. The van der Waals surface area contributed by atoms with Crippen LogP contribution in [0, 0.1) is 0 Å². The normalized spacial score (nSPS) is 23.9. The van der Waals surface area contributed by atoms with Crippen LogP contribution in [0.2, 0.25) is 0 Å². The molecule has 1 fully saturated rings. The number of allylic oxidation sites excluding steroid dienone is 1. The first kappa shape index (κ1) is 17.8. The quantitative estimate of drug-likeness (QED) is 0.664. The van der Waals surface area contributed by atoms with Crippen molar-refractivity contribution in [2.45, 2.75) is 57.5 Å². The molecule has 0 amide bonds. The number of ether oxygens (including phenoxy) is 1. The first-order valence-corrected chi connectivity index (χ1v) is 8.87. The van der Waals surface area contributed by atoms with E-state index >= 15 is 0 Å². The number of rotatable bonds is 7. The van der Waals surface area contributed by atoms with Gasteiger partial charge in [-0.3, -0.25) is 0 Å². The van der Waals surface area contributed by atoms with E-state index in [1.807, 2.05) is 12.3 Å². The molecule has 2 aromatic rings. The SMILES string of the molecule is CCCCC/C=C/c1cn([C@@H]2O[C@H](CO)CC2O)c2ncnc(N)c12. The van der Waals surface area contributed by atoms with E-state index in [1.54, 1.807) is 4.57 Å². The van der Waals surface area contributed by atoms with Crippen LogP contribution in [-0.4, -0.2) is 43.6 Å². The van der Waals surface area contributed by atoms with Crippen LogP contribution in [0.3, 0.4) is 0 Å². The molecule has 0 aliphatic carbocycles. The largest absolute Gasteiger partial charge is 0.394 e. The van der Waals surface area contributed by atoms with E-state index in [0.717, 1.165) is 23.8 Å². The minimum Gasteiger partial charge on any atom is -0.394 e. The zero-order valence-corrected chi connectivity index (χ0v) is 14.5. The third kappa shape index (κ3) is 3.68. The molecule has 136 valence electrons. The minimum atomic E-state index is -0.703. The Bertz CT molecular complexity index is 743. The maximum Gasteiger partial charge on any atom is 0.161 e. The highest BCUT2D eigenvalue weighted by Gasteiger charge is 2.36. The lowest BCUT2D eigenvalue weighted by Crippen LogP contribution is -2.19. The average Bonchev–Trinajstić information content (AvgIpc) is 3.16. The molecule has 2 aromatic heterocycles. The highest BCUT2D eigenvalue weighted by molar-refractivity contribution is 5.94. The Morgan fingerprint density at radius 1 is 1.40 bits per heavy atom. The number of aliphatic hydroxyl groups is 2. The summed E-state index contributed by atoms with van der Waals surface area (Å²) in [5.41, 5.74) is 7.61. The molecule has 7 nitrogen and oxygen atoms in total. The fraction of sp³-hybridized carbons (Fsp3) is 0.556. The van der Waals surface area contributed by atoms with E-state index in [4.69, 9.17) is 10.5 Å². The van der Waals surface area contributed by atoms with E-state index in [1.165, 1.54) is 19.2 Å². The summed E-state index contributed by atoms with van der Waals surface area (Å²) in [6.45, 7) is 2.07. The Kier molecular flexibility index (Phi) is 5.67. The summed E-state index contributed by atoms with van der Waals surface area (Å²) in [6.07, 6.45) is 10.7. The second-order valence-corrected chi connectivity index (χ2v) is 6.48. The Labute approximate surface area is 147 Å². The lowest BCUT2D eigenvalue weighted by Gasteiger charge is -2.17. The third-order valence-electron chi connectivity index (χ3n) is 4.58. The van der Waals surface area contributed by atoms with Gasteiger partial charge in [-0.05, 0) is 12.8 Å². The molecule has 3 heterocycles. The summed E-state index contributed by atoms with van der Waals surface area (Å²) < 4.78 is 7.56. The summed E-state index contributed by atoms with van der Waals surface area (Å²) in [4.78, 5) is 8.43. The number of nitrogens with two attached hydrogens (primary N) is 1. The molecule has 0 radical (unpaired) electrons. The maximum absolute atomic E-state index is 10.3. The Morgan fingerprint density at radius 2 is 2.24 bits per heavy atom. The summed E-state index contributed by atoms with van der Waals surface area (Å²) in [5.74, 6) is 0.406. The summed E-state index contributed by atoms with van der Waals surface area (Å²) >= 11 is 0. The first-order valence-electron chi connectivity index (χ1n) is 8.87. The van der Waals surface area contributed by atoms with E-state index in [-0.39, 0.29) is 12.7 Å². The topological polar surface area (TPSA) is 106 Å². The average molecular weight is 346 g/mol. The molecule has 7 heteroatoms. The molecule has 1 aliphatic rings. The molecule has 0 bridgehead atoms. The molecule has 0 spiro atoms. The standard InChI is InChI=1S/C18H26N4O3/c1-2-3-4-5-6-7-12-9-22(17-15(12)16(19)20-11-21-17)18-14(24)8-13(10-23)25-18/h6-7,9,11,13-14,18,23-24H,2-5,8,10H2,1H3,(H2,19,20,21)/b7-6+/t13-,14?,18+/m0/s1. The lowest BCUT2D eigenvalue weighted by molar-refractivity contribution is -0.0484. The van der Waals surface area contributed by atoms with E-state index in [9.17, 15) is 10.2 Å². The molecule has 3 rings (SSSR count). The van der Waals surface area contributed by atoms with Crippen LogP contribution in [0.4, 0.5) is 5.82 Å². The number of aliphatic hydroxyl groups excluding tert-OH is 2. The zero-order chi connectivity index (χ0) is 17.8. The maximum atomic E-state index is 10.3. The van der Waals surface area contributed by atoms with Gasteiger partial charge in [-0.2, -0.15) is 0 Å².